The zero-order valence-corrected chi connectivity index (χ0v) is 12.9. The van der Waals surface area contributed by atoms with Gasteiger partial charge in [-0.1, -0.05) is 40.0 Å². The first kappa shape index (κ1) is 16.0. The molecule has 108 valence electrons. The van der Waals surface area contributed by atoms with Gasteiger partial charge in [0.05, 0.1) is 6.10 Å². The fourth-order valence-corrected chi connectivity index (χ4v) is 3.00. The Hall–Kier alpha value is -0.0800. The van der Waals surface area contributed by atoms with E-state index in [4.69, 9.17) is 4.74 Å². The van der Waals surface area contributed by atoms with Crippen LogP contribution in [-0.4, -0.2) is 25.8 Å². The van der Waals surface area contributed by atoms with Crippen LogP contribution in [0.5, 0.6) is 0 Å². The number of ether oxygens (including phenoxy) is 1. The molecular weight excluding hydrogens is 222 g/mol. The van der Waals surface area contributed by atoms with Crippen LogP contribution in [-0.2, 0) is 4.74 Å². The van der Waals surface area contributed by atoms with E-state index in [1.54, 1.807) is 0 Å². The van der Waals surface area contributed by atoms with Crippen LogP contribution in [0.2, 0.25) is 0 Å². The number of rotatable bonds is 8. The standard InChI is InChI=1S/C16H33NO/c1-5-7-8-14(6-2)12-18-16-11-13(3)9-10-15(16)17-4/h13-17H,5-12H2,1-4H3. The average Bonchev–Trinajstić information content (AvgIpc) is 2.39. The van der Waals surface area contributed by atoms with E-state index in [1.807, 2.05) is 0 Å². The van der Waals surface area contributed by atoms with Gasteiger partial charge in [-0.25, -0.2) is 0 Å². The molecule has 0 aliphatic heterocycles. The van der Waals surface area contributed by atoms with Crippen molar-refractivity contribution >= 4 is 0 Å². The van der Waals surface area contributed by atoms with Crippen molar-refractivity contribution in [3.8, 4) is 0 Å². The van der Waals surface area contributed by atoms with Gasteiger partial charge in [-0.15, -0.1) is 0 Å². The molecule has 18 heavy (non-hydrogen) atoms. The Morgan fingerprint density at radius 2 is 2.06 bits per heavy atom. The van der Waals surface area contributed by atoms with Gasteiger partial charge in [0.15, 0.2) is 0 Å². The minimum absolute atomic E-state index is 0.439. The molecule has 1 rings (SSSR count). The van der Waals surface area contributed by atoms with E-state index in [1.165, 1.54) is 44.9 Å². The summed E-state index contributed by atoms with van der Waals surface area (Å²) >= 11 is 0. The molecule has 1 aliphatic rings. The minimum atomic E-state index is 0.439. The Balaban J connectivity index is 2.33. The largest absolute Gasteiger partial charge is 0.376 e. The first-order valence-corrected chi connectivity index (χ1v) is 8.00. The van der Waals surface area contributed by atoms with Crippen molar-refractivity contribution in [3.05, 3.63) is 0 Å². The molecule has 2 nitrogen and oxygen atoms in total. The molecule has 1 N–H and O–H groups in total. The molecule has 0 saturated heterocycles. The second-order valence-electron chi connectivity index (χ2n) is 6.10. The van der Waals surface area contributed by atoms with Crippen LogP contribution in [0.15, 0.2) is 0 Å². The highest BCUT2D eigenvalue weighted by Crippen LogP contribution is 2.27. The number of unbranched alkanes of at least 4 members (excludes halogenated alkanes) is 1. The third kappa shape index (κ3) is 5.27. The summed E-state index contributed by atoms with van der Waals surface area (Å²) in [6, 6.07) is 0.574. The summed E-state index contributed by atoms with van der Waals surface area (Å²) in [5, 5.41) is 3.43. The van der Waals surface area contributed by atoms with Crippen molar-refractivity contribution < 1.29 is 4.74 Å². The van der Waals surface area contributed by atoms with E-state index < -0.39 is 0 Å². The molecule has 1 aliphatic carbocycles. The predicted octanol–water partition coefficient (Wildman–Crippen LogP) is 4.00. The van der Waals surface area contributed by atoms with Gasteiger partial charge in [0.25, 0.3) is 0 Å². The maximum Gasteiger partial charge on any atom is 0.0730 e. The molecule has 0 amide bonds. The maximum atomic E-state index is 6.24. The number of likely N-dealkylation sites (N-methyl/N-ethyl adjacent to an activating group) is 1. The Morgan fingerprint density at radius 3 is 2.67 bits per heavy atom. The zero-order chi connectivity index (χ0) is 13.4. The molecular formula is C16H33NO. The summed E-state index contributed by atoms with van der Waals surface area (Å²) in [5.41, 5.74) is 0. The SMILES string of the molecule is CCCCC(CC)COC1CC(C)CCC1NC. The molecule has 1 saturated carbocycles. The molecule has 0 spiro atoms. The second kappa shape index (κ2) is 8.92. The lowest BCUT2D eigenvalue weighted by Crippen LogP contribution is -2.44. The highest BCUT2D eigenvalue weighted by molar-refractivity contribution is 4.83. The van der Waals surface area contributed by atoms with Gasteiger partial charge < -0.3 is 10.1 Å². The lowest BCUT2D eigenvalue weighted by atomic mass is 9.85. The predicted molar refractivity (Wildman–Crippen MR) is 78.9 cm³/mol. The van der Waals surface area contributed by atoms with E-state index in [2.05, 4.69) is 33.1 Å². The second-order valence-corrected chi connectivity index (χ2v) is 6.10. The van der Waals surface area contributed by atoms with Crippen molar-refractivity contribution in [1.29, 1.82) is 0 Å². The first-order valence-electron chi connectivity index (χ1n) is 8.00. The van der Waals surface area contributed by atoms with E-state index in [0.29, 0.717) is 12.1 Å². The monoisotopic (exact) mass is 255 g/mol. The molecule has 0 bridgehead atoms. The van der Waals surface area contributed by atoms with Gasteiger partial charge in [0, 0.05) is 12.6 Å². The molecule has 0 radical (unpaired) electrons. The van der Waals surface area contributed by atoms with E-state index in [9.17, 15) is 0 Å². The van der Waals surface area contributed by atoms with Crippen molar-refractivity contribution in [1.82, 2.24) is 5.32 Å². The maximum absolute atomic E-state index is 6.24. The van der Waals surface area contributed by atoms with Gasteiger partial charge in [-0.3, -0.25) is 0 Å². The van der Waals surface area contributed by atoms with Crippen LogP contribution in [0.25, 0.3) is 0 Å². The third-order valence-electron chi connectivity index (χ3n) is 4.51. The summed E-state index contributed by atoms with van der Waals surface area (Å²) in [6.45, 7) is 7.89. The topological polar surface area (TPSA) is 21.3 Å². The Kier molecular flexibility index (Phi) is 7.92. The Morgan fingerprint density at radius 1 is 1.28 bits per heavy atom. The van der Waals surface area contributed by atoms with Gasteiger partial charge in [-0.2, -0.15) is 0 Å². The molecule has 0 aromatic heterocycles. The van der Waals surface area contributed by atoms with Crippen molar-refractivity contribution in [2.24, 2.45) is 11.8 Å². The minimum Gasteiger partial charge on any atom is -0.376 e. The number of hydrogen-bond acceptors (Lipinski definition) is 2. The van der Waals surface area contributed by atoms with Gasteiger partial charge in [0.2, 0.25) is 0 Å². The molecule has 0 aromatic rings. The van der Waals surface area contributed by atoms with Crippen molar-refractivity contribution in [2.75, 3.05) is 13.7 Å². The molecule has 1 fully saturated rings. The molecule has 4 atom stereocenters. The Labute approximate surface area is 114 Å². The first-order chi connectivity index (χ1) is 8.71. The van der Waals surface area contributed by atoms with Crippen LogP contribution in [0.4, 0.5) is 0 Å². The summed E-state index contributed by atoms with van der Waals surface area (Å²) in [5.74, 6) is 1.59. The fraction of sp³-hybridized carbons (Fsp3) is 1.00. The smallest absolute Gasteiger partial charge is 0.0730 e. The molecule has 2 heteroatoms. The molecule has 0 aromatic carbocycles. The molecule has 0 heterocycles. The van der Waals surface area contributed by atoms with E-state index in [-0.39, 0.29) is 0 Å². The normalized spacial score (nSPS) is 30.3. The van der Waals surface area contributed by atoms with Gasteiger partial charge in [0.1, 0.15) is 0 Å². The van der Waals surface area contributed by atoms with Crippen LogP contribution >= 0.6 is 0 Å². The highest BCUT2D eigenvalue weighted by Gasteiger charge is 2.28. The lowest BCUT2D eigenvalue weighted by Gasteiger charge is -2.35. The average molecular weight is 255 g/mol. The number of hydrogen-bond donors (Lipinski definition) is 1. The van der Waals surface area contributed by atoms with Gasteiger partial charge in [-0.05, 0) is 44.6 Å². The summed E-state index contributed by atoms with van der Waals surface area (Å²) in [4.78, 5) is 0. The van der Waals surface area contributed by atoms with Crippen LogP contribution < -0.4 is 5.32 Å². The third-order valence-corrected chi connectivity index (χ3v) is 4.51. The van der Waals surface area contributed by atoms with Gasteiger partial charge >= 0.3 is 0 Å². The number of nitrogens with one attached hydrogen (secondary N) is 1. The summed E-state index contributed by atoms with van der Waals surface area (Å²) in [6.07, 6.45) is 9.53. The molecule has 4 unspecified atom stereocenters. The highest BCUT2D eigenvalue weighted by atomic mass is 16.5. The zero-order valence-electron chi connectivity index (χ0n) is 12.9. The van der Waals surface area contributed by atoms with Crippen molar-refractivity contribution in [3.63, 3.8) is 0 Å². The Bertz CT molecular complexity index is 207. The van der Waals surface area contributed by atoms with Crippen molar-refractivity contribution in [2.45, 2.75) is 77.9 Å². The van der Waals surface area contributed by atoms with Crippen LogP contribution in [0.1, 0.15) is 65.7 Å². The quantitative estimate of drug-likeness (QED) is 0.708. The summed E-state index contributed by atoms with van der Waals surface area (Å²) in [7, 11) is 2.07. The van der Waals surface area contributed by atoms with E-state index in [0.717, 1.165) is 18.4 Å². The van der Waals surface area contributed by atoms with Crippen LogP contribution in [0, 0.1) is 11.8 Å². The fourth-order valence-electron chi connectivity index (χ4n) is 3.00. The van der Waals surface area contributed by atoms with Crippen LogP contribution in [0.3, 0.4) is 0 Å². The van der Waals surface area contributed by atoms with E-state index >= 15 is 0 Å². The lowest BCUT2D eigenvalue weighted by molar-refractivity contribution is -0.0237. The summed E-state index contributed by atoms with van der Waals surface area (Å²) < 4.78 is 6.24.